The minimum atomic E-state index is -0.573. The van der Waals surface area contributed by atoms with Crippen molar-refractivity contribution in [1.29, 1.82) is 0 Å². The van der Waals surface area contributed by atoms with Crippen LogP contribution in [0.5, 0.6) is 0 Å². The lowest BCUT2D eigenvalue weighted by atomic mass is 9.89. The first-order valence-electron chi connectivity index (χ1n) is 11.6. The number of nitrogens with two attached hydrogens (primary N) is 1. The monoisotopic (exact) mass is 444 g/mol. The van der Waals surface area contributed by atoms with Crippen LogP contribution < -0.4 is 11.1 Å². The number of piperidine rings is 1. The molecule has 1 saturated heterocycles. The molecule has 0 unspecified atom stereocenters. The van der Waals surface area contributed by atoms with Crippen LogP contribution in [-0.2, 0) is 12.8 Å². The third kappa shape index (κ3) is 4.48. The van der Waals surface area contributed by atoms with E-state index >= 15 is 0 Å². The Hall–Kier alpha value is -3.25. The summed E-state index contributed by atoms with van der Waals surface area (Å²) in [7, 11) is 2.18. The van der Waals surface area contributed by atoms with Crippen molar-refractivity contribution >= 4 is 11.7 Å². The number of nitrogens with zero attached hydrogens (tertiary/aromatic N) is 2. The first-order chi connectivity index (χ1) is 16.0. The number of amides is 1. The summed E-state index contributed by atoms with van der Waals surface area (Å²) in [5, 5.41) is 2.85. The highest BCUT2D eigenvalue weighted by molar-refractivity contribution is 5.97. The van der Waals surface area contributed by atoms with Gasteiger partial charge < -0.3 is 16.0 Å². The van der Waals surface area contributed by atoms with Gasteiger partial charge in [0.15, 0.2) is 0 Å². The van der Waals surface area contributed by atoms with Gasteiger partial charge in [-0.1, -0.05) is 36.4 Å². The topological polar surface area (TPSA) is 71.2 Å². The van der Waals surface area contributed by atoms with Crippen LogP contribution in [0.15, 0.2) is 48.5 Å². The number of rotatable bonds is 4. The molecule has 6 heteroatoms. The Morgan fingerprint density at radius 1 is 1.03 bits per heavy atom. The summed E-state index contributed by atoms with van der Waals surface area (Å²) in [5.41, 5.74) is 11.8. The second kappa shape index (κ2) is 8.94. The van der Waals surface area contributed by atoms with Crippen molar-refractivity contribution in [1.82, 2.24) is 15.2 Å². The molecule has 1 amide bonds. The third-order valence-corrected chi connectivity index (χ3v) is 6.97. The Balaban J connectivity index is 1.41. The summed E-state index contributed by atoms with van der Waals surface area (Å²) >= 11 is 0. The minimum Gasteiger partial charge on any atom is -0.383 e. The number of nitrogens with one attached hydrogen (secondary N) is 1. The molecule has 0 saturated carbocycles. The normalized spacial score (nSPS) is 17.0. The number of carbonyl (C=O) groups is 1. The number of benzene rings is 2. The van der Waals surface area contributed by atoms with Crippen molar-refractivity contribution in [3.05, 3.63) is 71.2 Å². The number of fused-ring (bicyclic) bond motifs is 1. The summed E-state index contributed by atoms with van der Waals surface area (Å²) < 4.78 is 14.8. The number of likely N-dealkylation sites (tertiary alicyclic amines) is 1. The number of pyridine rings is 1. The number of hydrogen-bond acceptors (Lipinski definition) is 4. The average Bonchev–Trinajstić information content (AvgIpc) is 2.81. The molecule has 2 aromatic carbocycles. The van der Waals surface area contributed by atoms with E-state index in [2.05, 4.69) is 34.4 Å². The molecule has 3 aromatic rings. The van der Waals surface area contributed by atoms with E-state index in [1.54, 1.807) is 12.1 Å². The minimum absolute atomic E-state index is 0.0611. The van der Waals surface area contributed by atoms with Crippen LogP contribution in [-0.4, -0.2) is 42.5 Å². The average molecular weight is 445 g/mol. The molecule has 5 rings (SSSR count). The first kappa shape index (κ1) is 21.6. The van der Waals surface area contributed by atoms with Crippen LogP contribution in [0, 0.1) is 11.9 Å². The summed E-state index contributed by atoms with van der Waals surface area (Å²) in [4.78, 5) is 18.4. The van der Waals surface area contributed by atoms with E-state index in [0.717, 1.165) is 42.6 Å². The fraction of sp³-hybridized carbons (Fsp3) is 0.333. The van der Waals surface area contributed by atoms with E-state index in [1.807, 2.05) is 24.3 Å². The van der Waals surface area contributed by atoms with E-state index in [9.17, 15) is 9.18 Å². The lowest BCUT2D eigenvalue weighted by molar-refractivity contribution is 0.0946. The Bertz CT molecular complexity index is 1180. The van der Waals surface area contributed by atoms with Gasteiger partial charge in [0, 0.05) is 23.2 Å². The molecule has 0 spiro atoms. The van der Waals surface area contributed by atoms with Gasteiger partial charge in [-0.25, -0.2) is 4.98 Å². The largest absolute Gasteiger partial charge is 0.383 e. The first-order valence-corrected chi connectivity index (χ1v) is 11.6. The Morgan fingerprint density at radius 3 is 2.52 bits per heavy atom. The predicted molar refractivity (Wildman–Crippen MR) is 129 cm³/mol. The highest BCUT2D eigenvalue weighted by atomic mass is 19.1. The highest BCUT2D eigenvalue weighted by Crippen LogP contribution is 2.33. The SMILES string of the molecule is CN1CCC(Cc2ccc(-c3cc(-c4ccc5c(c4)CCNC5=O)c(N)nc3F)cc2)CC1. The zero-order valence-corrected chi connectivity index (χ0v) is 18.9. The third-order valence-electron chi connectivity index (χ3n) is 6.97. The van der Waals surface area contributed by atoms with Crippen molar-refractivity contribution in [2.75, 3.05) is 32.4 Å². The summed E-state index contributed by atoms with van der Waals surface area (Å²) in [5.74, 6) is 0.223. The van der Waals surface area contributed by atoms with Gasteiger partial charge in [-0.3, -0.25) is 4.79 Å². The maximum Gasteiger partial charge on any atom is 0.251 e. The van der Waals surface area contributed by atoms with E-state index in [1.165, 1.54) is 18.4 Å². The zero-order chi connectivity index (χ0) is 22.9. The molecule has 5 nitrogen and oxygen atoms in total. The second-order valence-corrected chi connectivity index (χ2v) is 9.29. The van der Waals surface area contributed by atoms with Crippen LogP contribution in [0.25, 0.3) is 22.3 Å². The molecule has 3 heterocycles. The Kier molecular flexibility index (Phi) is 5.85. The number of halogens is 1. The van der Waals surface area contributed by atoms with Crippen molar-refractivity contribution in [3.63, 3.8) is 0 Å². The molecule has 0 bridgehead atoms. The van der Waals surface area contributed by atoms with E-state index < -0.39 is 5.95 Å². The standard InChI is InChI=1S/C27H29FN4O/c1-32-12-9-18(10-13-32)14-17-2-4-19(5-3-17)23-16-24(26(29)31-25(23)28)20-6-7-22-21(15-20)8-11-30-27(22)33/h2-7,15-16,18H,8-14H2,1H3,(H2,29,31)(H,30,33). The number of nitrogen functional groups attached to an aromatic ring is 1. The summed E-state index contributed by atoms with van der Waals surface area (Å²) in [6.07, 6.45) is 4.26. The van der Waals surface area contributed by atoms with Crippen molar-refractivity contribution in [2.24, 2.45) is 5.92 Å². The smallest absolute Gasteiger partial charge is 0.251 e. The lowest BCUT2D eigenvalue weighted by Crippen LogP contribution is -2.31. The maximum absolute atomic E-state index is 14.8. The molecule has 1 aromatic heterocycles. The van der Waals surface area contributed by atoms with Crippen molar-refractivity contribution in [3.8, 4) is 22.3 Å². The molecule has 170 valence electrons. The van der Waals surface area contributed by atoms with Gasteiger partial charge in [0.25, 0.3) is 5.91 Å². The molecule has 0 atom stereocenters. The molecule has 2 aliphatic rings. The number of aromatic nitrogens is 1. The number of anilines is 1. The second-order valence-electron chi connectivity index (χ2n) is 9.29. The van der Waals surface area contributed by atoms with Crippen LogP contribution in [0.2, 0.25) is 0 Å². The van der Waals surface area contributed by atoms with Gasteiger partial charge in [-0.2, -0.15) is 4.39 Å². The van der Waals surface area contributed by atoms with Crippen LogP contribution in [0.4, 0.5) is 10.2 Å². The lowest BCUT2D eigenvalue weighted by Gasteiger charge is -2.29. The molecular formula is C27H29FN4O. The zero-order valence-electron chi connectivity index (χ0n) is 18.9. The molecule has 0 radical (unpaired) electrons. The van der Waals surface area contributed by atoms with Gasteiger partial charge in [0.1, 0.15) is 5.82 Å². The molecule has 33 heavy (non-hydrogen) atoms. The quantitative estimate of drug-likeness (QED) is 0.589. The fourth-order valence-electron chi connectivity index (χ4n) is 4.95. The molecule has 3 N–H and O–H groups in total. The summed E-state index contributed by atoms with van der Waals surface area (Å²) in [6.45, 7) is 2.92. The van der Waals surface area contributed by atoms with E-state index in [4.69, 9.17) is 5.73 Å². The summed E-state index contributed by atoms with van der Waals surface area (Å²) in [6, 6.07) is 15.5. The van der Waals surface area contributed by atoms with Gasteiger partial charge in [-0.05, 0) is 86.1 Å². The maximum atomic E-state index is 14.8. The number of hydrogen-bond donors (Lipinski definition) is 2. The molecule has 2 aliphatic heterocycles. The van der Waals surface area contributed by atoms with E-state index in [-0.39, 0.29) is 11.7 Å². The van der Waals surface area contributed by atoms with Gasteiger partial charge in [-0.15, -0.1) is 0 Å². The van der Waals surface area contributed by atoms with Crippen LogP contribution in [0.1, 0.15) is 34.3 Å². The Morgan fingerprint density at radius 2 is 1.76 bits per heavy atom. The number of carbonyl (C=O) groups excluding carboxylic acids is 1. The van der Waals surface area contributed by atoms with Gasteiger partial charge in [0.2, 0.25) is 5.95 Å². The van der Waals surface area contributed by atoms with E-state index in [0.29, 0.717) is 29.2 Å². The van der Waals surface area contributed by atoms with Crippen molar-refractivity contribution in [2.45, 2.75) is 25.7 Å². The Labute approximate surface area is 193 Å². The molecule has 1 fully saturated rings. The predicted octanol–water partition coefficient (Wildman–Crippen LogP) is 4.31. The van der Waals surface area contributed by atoms with Crippen LogP contribution >= 0.6 is 0 Å². The van der Waals surface area contributed by atoms with Crippen molar-refractivity contribution < 1.29 is 9.18 Å². The van der Waals surface area contributed by atoms with Gasteiger partial charge >= 0.3 is 0 Å². The fourth-order valence-corrected chi connectivity index (χ4v) is 4.95. The van der Waals surface area contributed by atoms with Gasteiger partial charge in [0.05, 0.1) is 0 Å². The highest BCUT2D eigenvalue weighted by Gasteiger charge is 2.20. The molecular weight excluding hydrogens is 415 g/mol. The molecule has 0 aliphatic carbocycles. The van der Waals surface area contributed by atoms with Crippen LogP contribution in [0.3, 0.4) is 0 Å².